The summed E-state index contributed by atoms with van der Waals surface area (Å²) in [7, 11) is 0. The van der Waals surface area contributed by atoms with Crippen LogP contribution in [0.4, 0.5) is 0 Å². The van der Waals surface area contributed by atoms with Crippen molar-refractivity contribution in [2.75, 3.05) is 13.3 Å². The zero-order valence-corrected chi connectivity index (χ0v) is 13.1. The summed E-state index contributed by atoms with van der Waals surface area (Å²) in [5.41, 5.74) is 1.85. The van der Waals surface area contributed by atoms with Crippen molar-refractivity contribution >= 4 is 11.9 Å². The van der Waals surface area contributed by atoms with Gasteiger partial charge in [-0.3, -0.25) is 4.79 Å². The molecule has 0 radical (unpaired) electrons. The molecular formula is C17H20N2O4. The van der Waals surface area contributed by atoms with E-state index in [2.05, 4.69) is 17.6 Å². The van der Waals surface area contributed by atoms with Gasteiger partial charge in [0.2, 0.25) is 5.88 Å². The maximum absolute atomic E-state index is 12.1. The third-order valence-electron chi connectivity index (χ3n) is 3.90. The Morgan fingerprint density at radius 2 is 2.17 bits per heavy atom. The maximum atomic E-state index is 12.1. The van der Waals surface area contributed by atoms with Crippen molar-refractivity contribution in [3.8, 4) is 5.75 Å². The maximum Gasteiger partial charge on any atom is 0.338 e. The third-order valence-corrected chi connectivity index (χ3v) is 3.90. The van der Waals surface area contributed by atoms with Crippen LogP contribution in [-0.2, 0) is 16.0 Å². The van der Waals surface area contributed by atoms with Crippen LogP contribution in [0, 0.1) is 0 Å². The Labute approximate surface area is 134 Å². The normalized spacial score (nSPS) is 15.8. The Bertz CT molecular complexity index is 667. The average Bonchev–Trinajstić information content (AvgIpc) is 2.57. The molecule has 6 nitrogen and oxygen atoms in total. The SMILES string of the molecule is CCCCCOC(=O)c1ccc2c(c1)CC1=C(NCNC1=O)O2. The van der Waals surface area contributed by atoms with E-state index in [1.165, 1.54) is 0 Å². The molecule has 2 aliphatic heterocycles. The molecule has 0 aliphatic carbocycles. The van der Waals surface area contributed by atoms with Gasteiger partial charge in [0.05, 0.1) is 24.4 Å². The second-order valence-corrected chi connectivity index (χ2v) is 5.61. The average molecular weight is 316 g/mol. The van der Waals surface area contributed by atoms with Crippen LogP contribution in [0.2, 0.25) is 0 Å². The lowest BCUT2D eigenvalue weighted by atomic mass is 9.99. The lowest BCUT2D eigenvalue weighted by Crippen LogP contribution is -2.44. The van der Waals surface area contributed by atoms with Gasteiger partial charge in [-0.15, -0.1) is 0 Å². The number of fused-ring (bicyclic) bond motifs is 1. The van der Waals surface area contributed by atoms with E-state index < -0.39 is 0 Å². The molecule has 6 heteroatoms. The van der Waals surface area contributed by atoms with Crippen LogP contribution >= 0.6 is 0 Å². The lowest BCUT2D eigenvalue weighted by molar-refractivity contribution is -0.118. The minimum Gasteiger partial charge on any atom is -0.462 e. The van der Waals surface area contributed by atoms with Gasteiger partial charge in [0.25, 0.3) is 5.91 Å². The van der Waals surface area contributed by atoms with Crippen molar-refractivity contribution in [2.45, 2.75) is 32.6 Å². The molecule has 0 atom stereocenters. The quantitative estimate of drug-likeness (QED) is 0.640. The fourth-order valence-electron chi connectivity index (χ4n) is 2.62. The highest BCUT2D eigenvalue weighted by Gasteiger charge is 2.28. The molecular weight excluding hydrogens is 296 g/mol. The molecule has 0 aromatic heterocycles. The number of ether oxygens (including phenoxy) is 2. The fraction of sp³-hybridized carbons (Fsp3) is 0.412. The molecule has 0 saturated heterocycles. The largest absolute Gasteiger partial charge is 0.462 e. The Morgan fingerprint density at radius 1 is 1.30 bits per heavy atom. The predicted molar refractivity (Wildman–Crippen MR) is 83.8 cm³/mol. The highest BCUT2D eigenvalue weighted by Crippen LogP contribution is 2.31. The summed E-state index contributed by atoms with van der Waals surface area (Å²) in [6.45, 7) is 2.89. The van der Waals surface area contributed by atoms with Crippen molar-refractivity contribution in [2.24, 2.45) is 0 Å². The number of hydrogen-bond acceptors (Lipinski definition) is 5. The van der Waals surface area contributed by atoms with Gasteiger partial charge in [-0.25, -0.2) is 4.79 Å². The van der Waals surface area contributed by atoms with Gasteiger partial charge < -0.3 is 20.1 Å². The number of carbonyl (C=O) groups excluding carboxylic acids is 2. The molecule has 2 aliphatic rings. The molecule has 1 aromatic carbocycles. The molecule has 1 amide bonds. The van der Waals surface area contributed by atoms with E-state index >= 15 is 0 Å². The molecule has 1 aromatic rings. The minimum atomic E-state index is -0.338. The van der Waals surface area contributed by atoms with Gasteiger partial charge in [0.15, 0.2) is 0 Å². The Kier molecular flexibility index (Phi) is 4.50. The summed E-state index contributed by atoms with van der Waals surface area (Å²) in [6.07, 6.45) is 3.43. The third kappa shape index (κ3) is 3.31. The van der Waals surface area contributed by atoms with Crippen molar-refractivity contribution in [3.05, 3.63) is 40.8 Å². The zero-order valence-electron chi connectivity index (χ0n) is 13.1. The van der Waals surface area contributed by atoms with Gasteiger partial charge >= 0.3 is 5.97 Å². The van der Waals surface area contributed by atoms with E-state index in [9.17, 15) is 9.59 Å². The van der Waals surface area contributed by atoms with Crippen molar-refractivity contribution in [1.29, 1.82) is 0 Å². The Hall–Kier alpha value is -2.50. The molecule has 2 N–H and O–H groups in total. The summed E-state index contributed by atoms with van der Waals surface area (Å²) in [5.74, 6) is 0.677. The van der Waals surface area contributed by atoms with Crippen LogP contribution in [0.25, 0.3) is 0 Å². The molecule has 0 spiro atoms. The smallest absolute Gasteiger partial charge is 0.338 e. The van der Waals surface area contributed by atoms with Crippen molar-refractivity contribution in [3.63, 3.8) is 0 Å². The molecule has 3 rings (SSSR count). The summed E-state index contributed by atoms with van der Waals surface area (Å²) >= 11 is 0. The van der Waals surface area contributed by atoms with E-state index in [1.54, 1.807) is 18.2 Å². The zero-order chi connectivity index (χ0) is 16.2. The van der Waals surface area contributed by atoms with Crippen LogP contribution in [-0.4, -0.2) is 25.2 Å². The van der Waals surface area contributed by atoms with Crippen LogP contribution in [0.3, 0.4) is 0 Å². The van der Waals surface area contributed by atoms with E-state index in [4.69, 9.17) is 9.47 Å². The van der Waals surface area contributed by atoms with Crippen LogP contribution in [0.15, 0.2) is 29.7 Å². The van der Waals surface area contributed by atoms with Gasteiger partial charge in [0, 0.05) is 12.0 Å². The standard InChI is InChI=1S/C17H20N2O4/c1-2-3-4-7-22-17(21)11-5-6-14-12(8-11)9-13-15(20)18-10-19-16(13)23-14/h5-6,8,19H,2-4,7,9-10H2,1H3,(H,18,20). The number of benzene rings is 1. The number of rotatable bonds is 5. The van der Waals surface area contributed by atoms with Crippen molar-refractivity contribution < 1.29 is 19.1 Å². The first kappa shape index (κ1) is 15.4. The number of nitrogens with one attached hydrogen (secondary N) is 2. The van der Waals surface area contributed by atoms with Gasteiger partial charge in [-0.05, 0) is 24.6 Å². The van der Waals surface area contributed by atoms with E-state index in [1.807, 2.05) is 0 Å². The molecule has 122 valence electrons. The van der Waals surface area contributed by atoms with Gasteiger partial charge in [-0.2, -0.15) is 0 Å². The highest BCUT2D eigenvalue weighted by molar-refractivity contribution is 5.96. The molecule has 0 saturated carbocycles. The first-order valence-electron chi connectivity index (χ1n) is 7.92. The minimum absolute atomic E-state index is 0.142. The first-order valence-corrected chi connectivity index (χ1v) is 7.92. The molecule has 0 bridgehead atoms. The summed E-state index contributed by atoms with van der Waals surface area (Å²) in [6, 6.07) is 5.18. The molecule has 2 heterocycles. The number of hydrogen-bond donors (Lipinski definition) is 2. The Balaban J connectivity index is 1.71. The number of esters is 1. The molecule has 0 unspecified atom stereocenters. The van der Waals surface area contributed by atoms with Gasteiger partial charge in [-0.1, -0.05) is 19.8 Å². The van der Waals surface area contributed by atoms with Crippen LogP contribution in [0.5, 0.6) is 5.75 Å². The van der Waals surface area contributed by atoms with Crippen LogP contribution < -0.4 is 15.4 Å². The van der Waals surface area contributed by atoms with Crippen LogP contribution in [0.1, 0.15) is 42.1 Å². The first-order chi connectivity index (χ1) is 11.2. The monoisotopic (exact) mass is 316 g/mol. The number of unbranched alkanes of at least 4 members (excludes halogenated alkanes) is 2. The van der Waals surface area contributed by atoms with E-state index in [0.29, 0.717) is 42.5 Å². The highest BCUT2D eigenvalue weighted by atomic mass is 16.5. The van der Waals surface area contributed by atoms with E-state index in [-0.39, 0.29) is 11.9 Å². The Morgan fingerprint density at radius 3 is 3.00 bits per heavy atom. The van der Waals surface area contributed by atoms with Gasteiger partial charge in [0.1, 0.15) is 5.75 Å². The van der Waals surface area contributed by atoms with E-state index in [0.717, 1.165) is 24.8 Å². The molecule has 0 fully saturated rings. The summed E-state index contributed by atoms with van der Waals surface area (Å²) in [4.78, 5) is 24.0. The summed E-state index contributed by atoms with van der Waals surface area (Å²) < 4.78 is 11.0. The second-order valence-electron chi connectivity index (χ2n) is 5.61. The number of carbonyl (C=O) groups is 2. The topological polar surface area (TPSA) is 76.7 Å². The predicted octanol–water partition coefficient (Wildman–Crippen LogP) is 1.86. The second kappa shape index (κ2) is 6.73. The van der Waals surface area contributed by atoms with Crippen molar-refractivity contribution in [1.82, 2.24) is 10.6 Å². The summed E-state index contributed by atoms with van der Waals surface area (Å²) in [5, 5.41) is 5.71. The number of amides is 1. The fourth-order valence-corrected chi connectivity index (χ4v) is 2.62. The molecule has 23 heavy (non-hydrogen) atoms. The lowest BCUT2D eigenvalue weighted by Gasteiger charge is -2.27.